The zero-order chi connectivity index (χ0) is 20.1. The Bertz CT molecular complexity index is 1160. The largest absolute Gasteiger partial charge is 0.293 e. The zero-order valence-electron chi connectivity index (χ0n) is 16.1. The molecule has 0 bridgehead atoms. The zero-order valence-corrected chi connectivity index (χ0v) is 16.9. The van der Waals surface area contributed by atoms with Gasteiger partial charge >= 0.3 is 0 Å². The number of benzene rings is 2. The maximum absolute atomic E-state index is 13.4. The molecule has 0 unspecified atom stereocenters. The summed E-state index contributed by atoms with van der Waals surface area (Å²) >= 11 is 0. The highest BCUT2D eigenvalue weighted by Crippen LogP contribution is 2.30. The van der Waals surface area contributed by atoms with Crippen LogP contribution in [0, 0.1) is 11.8 Å². The average Bonchev–Trinajstić information content (AvgIpc) is 3.04. The second-order valence-corrected chi connectivity index (χ2v) is 8.43. The maximum atomic E-state index is 13.4. The van der Waals surface area contributed by atoms with Gasteiger partial charge in [0.2, 0.25) is 0 Å². The molecule has 0 amide bonds. The van der Waals surface area contributed by atoms with Crippen molar-refractivity contribution in [2.24, 2.45) is 0 Å². The number of unbranched alkanes of at least 4 members (excludes halogenated alkanes) is 3. The smallest absolute Gasteiger partial charge is 0.268 e. The summed E-state index contributed by atoms with van der Waals surface area (Å²) in [4.78, 5) is 12.7. The van der Waals surface area contributed by atoms with Gasteiger partial charge in [0.15, 0.2) is 5.78 Å². The predicted molar refractivity (Wildman–Crippen MR) is 112 cm³/mol. The topological polar surface area (TPSA) is 56.1 Å². The molecule has 3 rings (SSSR count). The first kappa shape index (κ1) is 19.9. The normalized spacial score (nSPS) is 11.2. The van der Waals surface area contributed by atoms with Crippen LogP contribution in [0.25, 0.3) is 10.9 Å². The van der Waals surface area contributed by atoms with E-state index in [0.29, 0.717) is 16.5 Å². The van der Waals surface area contributed by atoms with Crippen LogP contribution >= 0.6 is 0 Å². The van der Waals surface area contributed by atoms with E-state index in [1.54, 1.807) is 30.3 Å². The van der Waals surface area contributed by atoms with Gasteiger partial charge in [0.25, 0.3) is 10.0 Å². The first-order valence-corrected chi connectivity index (χ1v) is 10.9. The minimum absolute atomic E-state index is 0.119. The lowest BCUT2D eigenvalue weighted by atomic mass is 10.1. The first-order chi connectivity index (χ1) is 13.5. The molecule has 0 aliphatic carbocycles. The van der Waals surface area contributed by atoms with Crippen molar-refractivity contribution in [2.75, 3.05) is 0 Å². The third-order valence-electron chi connectivity index (χ3n) is 4.57. The van der Waals surface area contributed by atoms with Crippen LogP contribution in [-0.4, -0.2) is 18.2 Å². The summed E-state index contributed by atoms with van der Waals surface area (Å²) in [7, 11) is -3.93. The van der Waals surface area contributed by atoms with Crippen molar-refractivity contribution in [3.05, 3.63) is 65.9 Å². The van der Waals surface area contributed by atoms with E-state index in [-0.39, 0.29) is 16.4 Å². The number of nitrogens with zero attached hydrogens (tertiary/aromatic N) is 1. The number of hydrogen-bond donors (Lipinski definition) is 0. The fourth-order valence-corrected chi connectivity index (χ4v) is 4.81. The predicted octanol–water partition coefficient (Wildman–Crippen LogP) is 5.01. The van der Waals surface area contributed by atoms with E-state index < -0.39 is 10.0 Å². The Morgan fingerprint density at radius 2 is 1.68 bits per heavy atom. The third-order valence-corrected chi connectivity index (χ3v) is 6.29. The lowest BCUT2D eigenvalue weighted by molar-refractivity contribution is 0.101. The standard InChI is InChI=1S/C23H23NO3S/c1-3-4-5-6-10-16-21-20-15-11-12-17-22(20)24(23(21)18(2)25)28(26,27)19-13-8-7-9-14-19/h7-9,11-15,17H,3-6H2,1-2H3. The Hall–Kier alpha value is -2.84. The minimum atomic E-state index is -3.93. The van der Waals surface area contributed by atoms with E-state index in [4.69, 9.17) is 0 Å². The average molecular weight is 394 g/mol. The molecular formula is C23H23NO3S. The number of carbonyl (C=O) groups excluding carboxylic acids is 1. The maximum Gasteiger partial charge on any atom is 0.268 e. The van der Waals surface area contributed by atoms with E-state index in [2.05, 4.69) is 18.8 Å². The number of fused-ring (bicyclic) bond motifs is 1. The Labute approximate surface area is 166 Å². The van der Waals surface area contributed by atoms with Gasteiger partial charge in [-0.05, 0) is 24.6 Å². The van der Waals surface area contributed by atoms with Gasteiger partial charge in [0.05, 0.1) is 16.0 Å². The SMILES string of the molecule is CCCCCC#Cc1c(C(C)=O)n(S(=O)(=O)c2ccccc2)c2ccccc12. The second-order valence-electron chi connectivity index (χ2n) is 6.64. The number of Topliss-reactive ketones (excluding diaryl/α,β-unsaturated/α-hetero) is 1. The molecule has 5 heteroatoms. The second kappa shape index (κ2) is 8.45. The number of hydrogen-bond acceptors (Lipinski definition) is 3. The summed E-state index contributed by atoms with van der Waals surface area (Å²) in [6.07, 6.45) is 3.91. The lowest BCUT2D eigenvalue weighted by Gasteiger charge is -2.10. The van der Waals surface area contributed by atoms with Gasteiger partial charge in [-0.1, -0.05) is 68.0 Å². The van der Waals surface area contributed by atoms with Crippen molar-refractivity contribution in [3.63, 3.8) is 0 Å². The highest BCUT2D eigenvalue weighted by molar-refractivity contribution is 7.90. The van der Waals surface area contributed by atoms with E-state index in [9.17, 15) is 13.2 Å². The van der Waals surface area contributed by atoms with Crippen LogP contribution in [0.15, 0.2) is 59.5 Å². The molecule has 0 aliphatic heterocycles. The number of rotatable bonds is 6. The Morgan fingerprint density at radius 1 is 1.00 bits per heavy atom. The summed E-state index contributed by atoms with van der Waals surface area (Å²) in [5.41, 5.74) is 1.07. The monoisotopic (exact) mass is 393 g/mol. The Morgan fingerprint density at radius 3 is 2.36 bits per heavy atom. The molecule has 0 saturated heterocycles. The number of carbonyl (C=O) groups is 1. The van der Waals surface area contributed by atoms with Crippen molar-refractivity contribution < 1.29 is 13.2 Å². The lowest BCUT2D eigenvalue weighted by Crippen LogP contribution is -2.18. The van der Waals surface area contributed by atoms with Crippen LogP contribution in [0.4, 0.5) is 0 Å². The van der Waals surface area contributed by atoms with E-state index >= 15 is 0 Å². The van der Waals surface area contributed by atoms with E-state index in [1.807, 2.05) is 12.1 Å². The van der Waals surface area contributed by atoms with Crippen molar-refractivity contribution in [1.29, 1.82) is 0 Å². The van der Waals surface area contributed by atoms with Crippen molar-refractivity contribution >= 4 is 26.7 Å². The molecule has 0 radical (unpaired) electrons. The first-order valence-electron chi connectivity index (χ1n) is 9.42. The number of aromatic nitrogens is 1. The van der Waals surface area contributed by atoms with Gasteiger partial charge in [-0.3, -0.25) is 4.79 Å². The van der Waals surface area contributed by atoms with Crippen LogP contribution < -0.4 is 0 Å². The molecule has 1 heterocycles. The van der Waals surface area contributed by atoms with Crippen LogP contribution in [0.3, 0.4) is 0 Å². The summed E-state index contributed by atoms with van der Waals surface area (Å²) in [5, 5.41) is 0.676. The summed E-state index contributed by atoms with van der Waals surface area (Å²) in [5.74, 6) is 5.88. The molecule has 4 nitrogen and oxygen atoms in total. The Balaban J connectivity index is 2.26. The molecular weight excluding hydrogens is 370 g/mol. The van der Waals surface area contributed by atoms with Crippen molar-refractivity contribution in [1.82, 2.24) is 3.97 Å². The van der Waals surface area contributed by atoms with Gasteiger partial charge in [-0.15, -0.1) is 0 Å². The van der Waals surface area contributed by atoms with Gasteiger partial charge < -0.3 is 0 Å². The van der Waals surface area contributed by atoms with Gasteiger partial charge in [0, 0.05) is 18.7 Å². The van der Waals surface area contributed by atoms with Crippen LogP contribution in [-0.2, 0) is 10.0 Å². The molecule has 3 aromatic rings. The van der Waals surface area contributed by atoms with Gasteiger partial charge in [-0.25, -0.2) is 12.4 Å². The van der Waals surface area contributed by atoms with E-state index in [1.165, 1.54) is 19.1 Å². The summed E-state index contributed by atoms with van der Waals surface area (Å²) in [6.45, 7) is 3.51. The van der Waals surface area contributed by atoms with Crippen molar-refractivity contribution in [3.8, 4) is 11.8 Å². The molecule has 0 N–H and O–H groups in total. The van der Waals surface area contributed by atoms with E-state index in [0.717, 1.165) is 29.7 Å². The molecule has 0 aliphatic rings. The summed E-state index contributed by atoms with van der Waals surface area (Å²) in [6, 6.07) is 15.3. The van der Waals surface area contributed by atoms with Gasteiger partial charge in [-0.2, -0.15) is 0 Å². The summed E-state index contributed by atoms with van der Waals surface area (Å²) < 4.78 is 27.9. The van der Waals surface area contributed by atoms with Crippen LogP contribution in [0.5, 0.6) is 0 Å². The van der Waals surface area contributed by atoms with Gasteiger partial charge in [0.1, 0.15) is 5.69 Å². The van der Waals surface area contributed by atoms with Crippen molar-refractivity contribution in [2.45, 2.75) is 44.4 Å². The fourth-order valence-electron chi connectivity index (χ4n) is 3.22. The molecule has 2 aromatic carbocycles. The molecule has 0 spiro atoms. The highest BCUT2D eigenvalue weighted by Gasteiger charge is 2.28. The number of ketones is 1. The molecule has 0 fully saturated rings. The quantitative estimate of drug-likeness (QED) is 0.336. The molecule has 144 valence electrons. The molecule has 0 atom stereocenters. The molecule has 28 heavy (non-hydrogen) atoms. The highest BCUT2D eigenvalue weighted by atomic mass is 32.2. The third kappa shape index (κ3) is 3.74. The Kier molecular flexibility index (Phi) is 6.01. The minimum Gasteiger partial charge on any atom is -0.293 e. The number of para-hydroxylation sites is 1. The van der Waals surface area contributed by atoms with Crippen LogP contribution in [0.2, 0.25) is 0 Å². The molecule has 1 aromatic heterocycles. The molecule has 0 saturated carbocycles. The van der Waals surface area contributed by atoms with Crippen LogP contribution in [0.1, 0.15) is 55.6 Å². The fraction of sp³-hybridized carbons (Fsp3) is 0.261.